The first kappa shape index (κ1) is 9.32. The van der Waals surface area contributed by atoms with Gasteiger partial charge in [0.1, 0.15) is 0 Å². The number of amides is 1. The highest BCUT2D eigenvalue weighted by Gasteiger charge is 2.39. The van der Waals surface area contributed by atoms with Crippen molar-refractivity contribution in [3.8, 4) is 0 Å². The second kappa shape index (κ2) is 3.49. The van der Waals surface area contributed by atoms with E-state index in [1.54, 1.807) is 30.3 Å². The van der Waals surface area contributed by atoms with Crippen LogP contribution in [0.2, 0.25) is 0 Å². The Bertz CT molecular complexity index is 441. The van der Waals surface area contributed by atoms with E-state index in [-0.39, 0.29) is 5.90 Å². The van der Waals surface area contributed by atoms with E-state index in [9.17, 15) is 14.9 Å². The topological polar surface area (TPSA) is 81.8 Å². The van der Waals surface area contributed by atoms with Crippen LogP contribution < -0.4 is 0 Å². The lowest BCUT2D eigenvalue weighted by Crippen LogP contribution is -2.27. The van der Waals surface area contributed by atoms with Gasteiger partial charge in [-0.15, -0.1) is 0 Å². The molecule has 15 heavy (non-hydrogen) atoms. The van der Waals surface area contributed by atoms with Gasteiger partial charge in [-0.05, 0) is 12.1 Å². The Morgan fingerprint density at radius 2 is 2.00 bits per heavy atom. The molecule has 0 aromatic heterocycles. The summed E-state index contributed by atoms with van der Waals surface area (Å²) in [7, 11) is 0. The van der Waals surface area contributed by atoms with Gasteiger partial charge in [0.2, 0.25) is 5.90 Å². The predicted octanol–water partition coefficient (Wildman–Crippen LogP) is 0.593. The van der Waals surface area contributed by atoms with Gasteiger partial charge in [0.05, 0.1) is 4.92 Å². The molecule has 1 aliphatic heterocycles. The van der Waals surface area contributed by atoms with Crippen molar-refractivity contribution in [2.24, 2.45) is 4.99 Å². The van der Waals surface area contributed by atoms with Gasteiger partial charge in [0.15, 0.2) is 0 Å². The van der Waals surface area contributed by atoms with Crippen LogP contribution in [-0.4, -0.2) is 23.0 Å². The molecule has 0 fully saturated rings. The standard InChI is InChI=1S/C9H6N2O4/c12-7-9(11(13)14)15-8(10-7)6-4-2-1-3-5-6/h1-5,9H. The number of nitrogens with zero attached hydrogens (tertiary/aromatic N) is 2. The molecular formula is C9H6N2O4. The summed E-state index contributed by atoms with van der Waals surface area (Å²) < 4.78 is 4.82. The minimum Gasteiger partial charge on any atom is -0.404 e. The van der Waals surface area contributed by atoms with E-state index in [4.69, 9.17) is 4.74 Å². The van der Waals surface area contributed by atoms with Crippen LogP contribution in [0.1, 0.15) is 5.56 Å². The van der Waals surface area contributed by atoms with Gasteiger partial charge < -0.3 is 4.74 Å². The van der Waals surface area contributed by atoms with E-state index in [1.165, 1.54) is 0 Å². The van der Waals surface area contributed by atoms with Crippen molar-refractivity contribution in [2.45, 2.75) is 6.23 Å². The minimum atomic E-state index is -1.69. The Balaban J connectivity index is 2.25. The maximum Gasteiger partial charge on any atom is 0.437 e. The average molecular weight is 206 g/mol. The molecule has 0 bridgehead atoms. The fourth-order valence-corrected chi connectivity index (χ4v) is 1.18. The van der Waals surface area contributed by atoms with Crippen LogP contribution in [0.4, 0.5) is 0 Å². The van der Waals surface area contributed by atoms with Crippen LogP contribution in [0.25, 0.3) is 0 Å². The molecule has 0 radical (unpaired) electrons. The Hall–Kier alpha value is -2.24. The highest BCUT2D eigenvalue weighted by molar-refractivity contribution is 6.06. The molecule has 1 atom stereocenters. The summed E-state index contributed by atoms with van der Waals surface area (Å²) >= 11 is 0. The summed E-state index contributed by atoms with van der Waals surface area (Å²) in [4.78, 5) is 24.1. The maximum atomic E-state index is 11.0. The molecule has 0 aliphatic carbocycles. The van der Waals surface area contributed by atoms with Crippen LogP contribution in [0.3, 0.4) is 0 Å². The fourth-order valence-electron chi connectivity index (χ4n) is 1.18. The first-order chi connectivity index (χ1) is 7.18. The maximum absolute atomic E-state index is 11.0. The number of aliphatic imine (C=N–C) groups is 1. The van der Waals surface area contributed by atoms with Crippen LogP contribution >= 0.6 is 0 Å². The number of hydrogen-bond donors (Lipinski definition) is 0. The molecule has 6 nitrogen and oxygen atoms in total. The summed E-state index contributed by atoms with van der Waals surface area (Å²) in [5, 5.41) is 10.4. The van der Waals surface area contributed by atoms with Gasteiger partial charge in [0.25, 0.3) is 0 Å². The van der Waals surface area contributed by atoms with E-state index in [2.05, 4.69) is 4.99 Å². The molecule has 1 unspecified atom stereocenters. The lowest BCUT2D eigenvalue weighted by atomic mass is 10.2. The summed E-state index contributed by atoms with van der Waals surface area (Å²) in [6, 6.07) is 8.56. The van der Waals surface area contributed by atoms with Crippen molar-refractivity contribution in [3.05, 3.63) is 46.0 Å². The quantitative estimate of drug-likeness (QED) is 0.523. The normalized spacial score (nSPS) is 19.6. The largest absolute Gasteiger partial charge is 0.437 e. The molecule has 1 aromatic carbocycles. The van der Waals surface area contributed by atoms with E-state index < -0.39 is 17.1 Å². The molecule has 1 heterocycles. The molecule has 2 rings (SSSR count). The number of ether oxygens (including phenoxy) is 1. The van der Waals surface area contributed by atoms with Gasteiger partial charge in [-0.3, -0.25) is 14.9 Å². The van der Waals surface area contributed by atoms with Crippen molar-refractivity contribution in [1.29, 1.82) is 0 Å². The number of rotatable bonds is 2. The first-order valence-corrected chi connectivity index (χ1v) is 4.16. The number of nitro groups is 1. The summed E-state index contributed by atoms with van der Waals surface area (Å²) in [6.45, 7) is 0. The lowest BCUT2D eigenvalue weighted by molar-refractivity contribution is -0.546. The predicted molar refractivity (Wildman–Crippen MR) is 49.9 cm³/mol. The number of carbonyl (C=O) groups excluding carboxylic acids is 1. The minimum absolute atomic E-state index is 0.00213. The number of carbonyl (C=O) groups is 1. The second-order valence-electron chi connectivity index (χ2n) is 2.88. The zero-order chi connectivity index (χ0) is 10.8. The van der Waals surface area contributed by atoms with Crippen molar-refractivity contribution >= 4 is 11.8 Å². The number of benzene rings is 1. The Morgan fingerprint density at radius 3 is 2.53 bits per heavy atom. The smallest absolute Gasteiger partial charge is 0.404 e. The van der Waals surface area contributed by atoms with Crippen molar-refractivity contribution in [1.82, 2.24) is 0 Å². The van der Waals surface area contributed by atoms with E-state index in [0.717, 1.165) is 0 Å². The summed E-state index contributed by atoms with van der Waals surface area (Å²) in [6.07, 6.45) is -1.69. The van der Waals surface area contributed by atoms with E-state index >= 15 is 0 Å². The van der Waals surface area contributed by atoms with Gasteiger partial charge in [0, 0.05) is 5.56 Å². The van der Waals surface area contributed by atoms with Crippen molar-refractivity contribution in [3.63, 3.8) is 0 Å². The molecular weight excluding hydrogens is 200 g/mol. The third-order valence-corrected chi connectivity index (χ3v) is 1.86. The zero-order valence-corrected chi connectivity index (χ0v) is 7.49. The number of hydrogen-bond acceptors (Lipinski definition) is 4. The Morgan fingerprint density at radius 1 is 1.33 bits per heavy atom. The monoisotopic (exact) mass is 206 g/mol. The van der Waals surface area contributed by atoms with Crippen LogP contribution in [-0.2, 0) is 9.53 Å². The van der Waals surface area contributed by atoms with Crippen molar-refractivity contribution < 1.29 is 14.5 Å². The molecule has 0 N–H and O–H groups in total. The summed E-state index contributed by atoms with van der Waals surface area (Å²) in [5.74, 6) is -0.874. The van der Waals surface area contributed by atoms with E-state index in [1.807, 2.05) is 0 Å². The Kier molecular flexibility index (Phi) is 2.17. The third-order valence-electron chi connectivity index (χ3n) is 1.86. The highest BCUT2D eigenvalue weighted by Crippen LogP contribution is 2.13. The molecule has 0 saturated heterocycles. The van der Waals surface area contributed by atoms with Crippen LogP contribution in [0.5, 0.6) is 0 Å². The highest BCUT2D eigenvalue weighted by atomic mass is 16.7. The average Bonchev–Trinajstić information content (AvgIpc) is 2.62. The SMILES string of the molecule is O=C1N=C(c2ccccc2)OC1[N+](=O)[O-]. The molecule has 6 heteroatoms. The first-order valence-electron chi connectivity index (χ1n) is 4.16. The van der Waals surface area contributed by atoms with Crippen molar-refractivity contribution in [2.75, 3.05) is 0 Å². The molecule has 1 aliphatic rings. The van der Waals surface area contributed by atoms with Gasteiger partial charge in [-0.2, -0.15) is 4.99 Å². The van der Waals surface area contributed by atoms with E-state index in [0.29, 0.717) is 5.56 Å². The molecule has 0 spiro atoms. The Labute approximate surface area is 84.3 Å². The molecule has 76 valence electrons. The van der Waals surface area contributed by atoms with Gasteiger partial charge in [-0.25, -0.2) is 0 Å². The molecule has 1 amide bonds. The summed E-state index contributed by atoms with van der Waals surface area (Å²) in [5.41, 5.74) is 0.551. The second-order valence-corrected chi connectivity index (χ2v) is 2.88. The van der Waals surface area contributed by atoms with Gasteiger partial charge in [-0.1, -0.05) is 18.2 Å². The van der Waals surface area contributed by atoms with Gasteiger partial charge >= 0.3 is 12.1 Å². The molecule has 1 aromatic rings. The zero-order valence-electron chi connectivity index (χ0n) is 7.49. The fraction of sp³-hybridized carbons (Fsp3) is 0.111. The molecule has 0 saturated carbocycles. The third kappa shape index (κ3) is 1.69. The van der Waals surface area contributed by atoms with Crippen LogP contribution in [0.15, 0.2) is 35.3 Å². The van der Waals surface area contributed by atoms with Crippen LogP contribution in [0, 0.1) is 10.1 Å². The lowest BCUT2D eigenvalue weighted by Gasteiger charge is -2.01.